The third-order valence-electron chi connectivity index (χ3n) is 6.11. The fourth-order valence-electron chi connectivity index (χ4n) is 4.37. The lowest BCUT2D eigenvalue weighted by Crippen LogP contribution is -2.46. The Balaban J connectivity index is 0.000000383. The molecular formula is C21H27F3N4O4S. The fourth-order valence-corrected chi connectivity index (χ4v) is 5.58. The van der Waals surface area contributed by atoms with Crippen molar-refractivity contribution in [2.45, 2.75) is 37.9 Å². The molecule has 33 heavy (non-hydrogen) atoms. The minimum absolute atomic E-state index is 0.0513. The fraction of sp³-hybridized carbons (Fsp3) is 0.524. The lowest BCUT2D eigenvalue weighted by atomic mass is 9.74. The number of nitrogens with zero attached hydrogens (tertiary/aromatic N) is 4. The smallest absolute Gasteiger partial charge is 0.475 e. The molecule has 1 saturated heterocycles. The summed E-state index contributed by atoms with van der Waals surface area (Å²) < 4.78 is 60.4. The third-order valence-corrected chi connectivity index (χ3v) is 7.84. The standard InChI is InChI=1S/C19H26N4O2S.C2HF3O2/c1-3-26(24,25)23-15-19(17-6-4-5-7-18(17)23)8-10-22(11-9-19)14-16-12-20-21(2)13-16;3-2(4,5)1(6)7/h4-7,12-13H,3,8-11,14-15H2,1-2H3;(H,6,7). The van der Waals surface area contributed by atoms with E-state index in [1.807, 2.05) is 36.1 Å². The number of hydrogen-bond acceptors (Lipinski definition) is 5. The summed E-state index contributed by atoms with van der Waals surface area (Å²) in [6.07, 6.45) is 0.871. The van der Waals surface area contributed by atoms with Crippen molar-refractivity contribution >= 4 is 21.7 Å². The van der Waals surface area contributed by atoms with Gasteiger partial charge in [0.2, 0.25) is 10.0 Å². The molecule has 3 heterocycles. The molecule has 1 spiro atoms. The molecule has 1 aromatic heterocycles. The number of fused-ring (bicyclic) bond motifs is 2. The number of aromatic nitrogens is 2. The maximum atomic E-state index is 12.6. The zero-order valence-electron chi connectivity index (χ0n) is 18.4. The van der Waals surface area contributed by atoms with E-state index in [0.717, 1.165) is 38.2 Å². The van der Waals surface area contributed by atoms with Crippen molar-refractivity contribution in [3.05, 3.63) is 47.8 Å². The number of halogens is 3. The molecule has 1 fully saturated rings. The molecule has 182 valence electrons. The molecule has 4 rings (SSSR count). The van der Waals surface area contributed by atoms with Crippen molar-refractivity contribution in [1.29, 1.82) is 0 Å². The van der Waals surface area contributed by atoms with Gasteiger partial charge >= 0.3 is 12.1 Å². The lowest BCUT2D eigenvalue weighted by molar-refractivity contribution is -0.192. The van der Waals surface area contributed by atoms with E-state index >= 15 is 0 Å². The van der Waals surface area contributed by atoms with Gasteiger partial charge < -0.3 is 5.11 Å². The Labute approximate surface area is 190 Å². The van der Waals surface area contributed by atoms with E-state index < -0.39 is 22.2 Å². The van der Waals surface area contributed by atoms with Crippen LogP contribution in [0, 0.1) is 0 Å². The number of likely N-dealkylation sites (tertiary alicyclic amines) is 1. The summed E-state index contributed by atoms with van der Waals surface area (Å²) in [4.78, 5) is 11.3. The average molecular weight is 489 g/mol. The molecule has 2 aliphatic heterocycles. The highest BCUT2D eigenvalue weighted by Crippen LogP contribution is 2.48. The second-order valence-corrected chi connectivity index (χ2v) is 10.5. The van der Waals surface area contributed by atoms with E-state index in [1.165, 1.54) is 11.1 Å². The van der Waals surface area contributed by atoms with E-state index in [-0.39, 0.29) is 11.2 Å². The molecule has 0 amide bonds. The highest BCUT2D eigenvalue weighted by Gasteiger charge is 2.47. The maximum absolute atomic E-state index is 12.6. The third kappa shape index (κ3) is 5.49. The van der Waals surface area contributed by atoms with Gasteiger partial charge in [-0.3, -0.25) is 13.9 Å². The molecular weight excluding hydrogens is 461 g/mol. The van der Waals surface area contributed by atoms with Gasteiger partial charge in [-0.05, 0) is 44.5 Å². The minimum Gasteiger partial charge on any atom is -0.475 e. The average Bonchev–Trinajstić information content (AvgIpc) is 3.31. The van der Waals surface area contributed by atoms with Gasteiger partial charge in [0.05, 0.1) is 17.6 Å². The van der Waals surface area contributed by atoms with Crippen LogP contribution in [0.1, 0.15) is 30.9 Å². The van der Waals surface area contributed by atoms with Crippen LogP contribution in [0.5, 0.6) is 0 Å². The molecule has 1 aromatic carbocycles. The quantitative estimate of drug-likeness (QED) is 0.711. The van der Waals surface area contributed by atoms with Crippen molar-refractivity contribution in [3.63, 3.8) is 0 Å². The monoisotopic (exact) mass is 488 g/mol. The number of alkyl halides is 3. The van der Waals surface area contributed by atoms with Gasteiger partial charge in [-0.1, -0.05) is 18.2 Å². The molecule has 0 radical (unpaired) electrons. The van der Waals surface area contributed by atoms with E-state index in [1.54, 1.807) is 11.2 Å². The van der Waals surface area contributed by atoms with E-state index in [9.17, 15) is 21.6 Å². The van der Waals surface area contributed by atoms with Gasteiger partial charge in [-0.2, -0.15) is 18.3 Å². The molecule has 0 unspecified atom stereocenters. The number of sulfonamides is 1. The summed E-state index contributed by atoms with van der Waals surface area (Å²) in [5, 5.41) is 11.4. The number of carboxylic acids is 1. The van der Waals surface area contributed by atoms with Gasteiger partial charge in [0.25, 0.3) is 0 Å². The van der Waals surface area contributed by atoms with Crippen LogP contribution in [0.3, 0.4) is 0 Å². The van der Waals surface area contributed by atoms with E-state index in [0.29, 0.717) is 6.54 Å². The van der Waals surface area contributed by atoms with Crippen LogP contribution in [-0.4, -0.2) is 65.7 Å². The number of para-hydroxylation sites is 1. The van der Waals surface area contributed by atoms with Crippen molar-refractivity contribution in [2.24, 2.45) is 7.05 Å². The zero-order chi connectivity index (χ0) is 24.4. The first-order valence-electron chi connectivity index (χ1n) is 10.5. The first-order chi connectivity index (χ1) is 15.4. The topological polar surface area (TPSA) is 95.7 Å². The Morgan fingerprint density at radius 3 is 2.33 bits per heavy atom. The first-order valence-corrected chi connectivity index (χ1v) is 12.1. The number of aryl methyl sites for hydroxylation is 1. The first kappa shape index (κ1) is 25.0. The van der Waals surface area contributed by atoms with Crippen molar-refractivity contribution in [2.75, 3.05) is 29.7 Å². The lowest BCUT2D eigenvalue weighted by Gasteiger charge is -2.39. The van der Waals surface area contributed by atoms with Gasteiger partial charge in [0.15, 0.2) is 0 Å². The van der Waals surface area contributed by atoms with Crippen molar-refractivity contribution < 1.29 is 31.5 Å². The van der Waals surface area contributed by atoms with E-state index in [2.05, 4.69) is 22.3 Å². The van der Waals surface area contributed by atoms with Crippen LogP contribution >= 0.6 is 0 Å². The molecule has 0 atom stereocenters. The largest absolute Gasteiger partial charge is 0.490 e. The number of carboxylic acid groups (broad SMARTS) is 1. The maximum Gasteiger partial charge on any atom is 0.490 e. The molecule has 8 nitrogen and oxygen atoms in total. The number of piperidine rings is 1. The SMILES string of the molecule is CCS(=O)(=O)N1CC2(CCN(Cc3cnn(C)c3)CC2)c2ccccc21.O=C(O)C(F)(F)F. The molecule has 1 N–H and O–H groups in total. The summed E-state index contributed by atoms with van der Waals surface area (Å²) >= 11 is 0. The highest BCUT2D eigenvalue weighted by molar-refractivity contribution is 7.92. The van der Waals surface area contributed by atoms with Gasteiger partial charge in [0, 0.05) is 37.3 Å². The van der Waals surface area contributed by atoms with Crippen LogP contribution < -0.4 is 4.31 Å². The normalized spacial score (nSPS) is 18.0. The van der Waals surface area contributed by atoms with Crippen LogP contribution in [0.4, 0.5) is 18.9 Å². The Morgan fingerprint density at radius 2 is 1.82 bits per heavy atom. The van der Waals surface area contributed by atoms with Crippen LogP contribution in [0.2, 0.25) is 0 Å². The summed E-state index contributed by atoms with van der Waals surface area (Å²) in [5.74, 6) is -2.61. The zero-order valence-corrected chi connectivity index (χ0v) is 19.2. The predicted molar refractivity (Wildman–Crippen MR) is 116 cm³/mol. The summed E-state index contributed by atoms with van der Waals surface area (Å²) in [6.45, 7) is 5.16. The number of carbonyl (C=O) groups is 1. The Kier molecular flexibility index (Phi) is 7.08. The number of benzene rings is 1. The number of anilines is 1. The van der Waals surface area contributed by atoms with Gasteiger partial charge in [-0.25, -0.2) is 13.2 Å². The van der Waals surface area contributed by atoms with Crippen molar-refractivity contribution in [1.82, 2.24) is 14.7 Å². The summed E-state index contributed by atoms with van der Waals surface area (Å²) in [7, 11) is -1.30. The van der Waals surface area contributed by atoms with Crippen LogP contribution in [0.15, 0.2) is 36.7 Å². The molecule has 0 aliphatic carbocycles. The highest BCUT2D eigenvalue weighted by atomic mass is 32.2. The minimum atomic E-state index is -5.08. The van der Waals surface area contributed by atoms with Crippen LogP contribution in [0.25, 0.3) is 0 Å². The Bertz CT molecular complexity index is 1090. The molecule has 2 aromatic rings. The van der Waals surface area contributed by atoms with Crippen LogP contribution in [-0.2, 0) is 33.8 Å². The Hall–Kier alpha value is -2.60. The Morgan fingerprint density at radius 1 is 1.21 bits per heavy atom. The second kappa shape index (κ2) is 9.34. The van der Waals surface area contributed by atoms with Gasteiger partial charge in [-0.15, -0.1) is 0 Å². The molecule has 12 heteroatoms. The van der Waals surface area contributed by atoms with Crippen molar-refractivity contribution in [3.8, 4) is 0 Å². The number of aliphatic carboxylic acids is 1. The summed E-state index contributed by atoms with van der Waals surface area (Å²) in [5.41, 5.74) is 3.27. The predicted octanol–water partition coefficient (Wildman–Crippen LogP) is 2.76. The number of rotatable bonds is 4. The second-order valence-electron chi connectivity index (χ2n) is 8.31. The van der Waals surface area contributed by atoms with Gasteiger partial charge in [0.1, 0.15) is 0 Å². The number of hydrogen-bond donors (Lipinski definition) is 1. The molecule has 0 bridgehead atoms. The summed E-state index contributed by atoms with van der Waals surface area (Å²) in [6, 6.07) is 8.05. The molecule has 2 aliphatic rings. The molecule has 0 saturated carbocycles. The van der Waals surface area contributed by atoms with E-state index in [4.69, 9.17) is 9.90 Å².